The van der Waals surface area contributed by atoms with E-state index in [0.29, 0.717) is 47.3 Å². The maximum atomic E-state index is 13.3. The predicted molar refractivity (Wildman–Crippen MR) is 146 cm³/mol. The molecule has 1 saturated carbocycles. The smallest absolute Gasteiger partial charge is 0.407 e. The molecule has 1 fully saturated rings. The van der Waals surface area contributed by atoms with Crippen LogP contribution in [0.5, 0.6) is 0 Å². The molecule has 0 spiro atoms. The van der Waals surface area contributed by atoms with E-state index in [9.17, 15) is 19.5 Å². The first-order valence-corrected chi connectivity index (χ1v) is 13.1. The van der Waals surface area contributed by atoms with Gasteiger partial charge in [0, 0.05) is 24.0 Å². The van der Waals surface area contributed by atoms with Gasteiger partial charge in [-0.25, -0.2) is 14.6 Å². The van der Waals surface area contributed by atoms with Gasteiger partial charge in [-0.3, -0.25) is 4.79 Å². The number of carbonyl (C=O) groups excluding carboxylic acids is 2. The van der Waals surface area contributed by atoms with E-state index in [-0.39, 0.29) is 17.6 Å². The van der Waals surface area contributed by atoms with E-state index in [1.54, 1.807) is 24.3 Å². The first kappa shape index (κ1) is 27.1. The van der Waals surface area contributed by atoms with Crippen LogP contribution in [0.15, 0.2) is 54.6 Å². The third-order valence-electron chi connectivity index (χ3n) is 6.82. The second-order valence-electron chi connectivity index (χ2n) is 10.9. The Balaban J connectivity index is 1.38. The van der Waals surface area contributed by atoms with Crippen LogP contribution in [0.3, 0.4) is 0 Å². The summed E-state index contributed by atoms with van der Waals surface area (Å²) < 4.78 is 5.31. The number of aromatic carboxylic acids is 1. The van der Waals surface area contributed by atoms with E-state index in [0.717, 1.165) is 31.1 Å². The Labute approximate surface area is 222 Å². The van der Waals surface area contributed by atoms with Gasteiger partial charge in [0.2, 0.25) is 0 Å². The van der Waals surface area contributed by atoms with Gasteiger partial charge in [0.25, 0.3) is 5.91 Å². The van der Waals surface area contributed by atoms with E-state index < -0.39 is 11.6 Å². The number of hydrogen-bond donors (Lipinski definition) is 3. The monoisotopic (exact) mass is 517 g/mol. The van der Waals surface area contributed by atoms with E-state index >= 15 is 0 Å². The Morgan fingerprint density at radius 1 is 0.921 bits per heavy atom. The molecule has 2 amide bonds. The minimum absolute atomic E-state index is 0.167. The van der Waals surface area contributed by atoms with E-state index in [2.05, 4.69) is 15.6 Å². The molecule has 0 aliphatic heterocycles. The number of para-hydroxylation sites is 1. The summed E-state index contributed by atoms with van der Waals surface area (Å²) >= 11 is 0. The van der Waals surface area contributed by atoms with Gasteiger partial charge in [-0.1, -0.05) is 30.3 Å². The number of pyridine rings is 1. The Morgan fingerprint density at radius 3 is 2.24 bits per heavy atom. The maximum Gasteiger partial charge on any atom is 0.407 e. The first-order valence-electron chi connectivity index (χ1n) is 13.1. The minimum atomic E-state index is -1.01. The summed E-state index contributed by atoms with van der Waals surface area (Å²) in [6, 6.07) is 15.8. The van der Waals surface area contributed by atoms with Crippen molar-refractivity contribution >= 4 is 28.9 Å². The van der Waals surface area contributed by atoms with Crippen molar-refractivity contribution in [1.29, 1.82) is 0 Å². The second-order valence-corrected chi connectivity index (χ2v) is 10.9. The molecule has 2 aromatic carbocycles. The molecule has 1 heterocycles. The topological polar surface area (TPSA) is 118 Å². The Bertz CT molecular complexity index is 1320. The summed E-state index contributed by atoms with van der Waals surface area (Å²) in [5.74, 6) is -0.409. The highest BCUT2D eigenvalue weighted by atomic mass is 16.6. The fourth-order valence-corrected chi connectivity index (χ4v) is 4.84. The zero-order chi connectivity index (χ0) is 27.3. The summed E-state index contributed by atoms with van der Waals surface area (Å²) in [6.45, 7) is 6.71. The number of nitrogens with zero attached hydrogens (tertiary/aromatic N) is 1. The molecule has 0 saturated heterocycles. The molecule has 8 nitrogen and oxygen atoms in total. The van der Waals surface area contributed by atoms with Gasteiger partial charge in [0.05, 0.1) is 22.3 Å². The number of rotatable bonds is 7. The highest BCUT2D eigenvalue weighted by molar-refractivity contribution is 6.07. The molecule has 200 valence electrons. The second kappa shape index (κ2) is 11.6. The lowest BCUT2D eigenvalue weighted by atomic mass is 9.82. The highest BCUT2D eigenvalue weighted by Crippen LogP contribution is 2.29. The number of carboxylic acids is 1. The number of ether oxygens (including phenoxy) is 1. The zero-order valence-corrected chi connectivity index (χ0v) is 22.1. The highest BCUT2D eigenvalue weighted by Gasteiger charge is 2.24. The lowest BCUT2D eigenvalue weighted by Crippen LogP contribution is -2.37. The minimum Gasteiger partial charge on any atom is -0.478 e. The van der Waals surface area contributed by atoms with Gasteiger partial charge >= 0.3 is 12.1 Å². The number of fused-ring (bicyclic) bond motifs is 1. The molecule has 0 unspecified atom stereocenters. The number of benzene rings is 2. The number of alkyl carbamates (subject to hydrolysis) is 1. The fourth-order valence-electron chi connectivity index (χ4n) is 4.84. The van der Waals surface area contributed by atoms with Crippen LogP contribution in [0.4, 0.5) is 4.79 Å². The molecule has 1 aliphatic carbocycles. The van der Waals surface area contributed by atoms with Crippen molar-refractivity contribution < 1.29 is 24.2 Å². The molecular formula is C30H35N3O5. The number of hydrogen-bond acceptors (Lipinski definition) is 5. The molecule has 8 heteroatoms. The number of carboxylic acid groups (broad SMARTS) is 1. The van der Waals surface area contributed by atoms with Crippen LogP contribution in [0.2, 0.25) is 0 Å². The van der Waals surface area contributed by atoms with Crippen LogP contribution < -0.4 is 10.6 Å². The standard InChI is InChI=1S/C30H35N3O5/c1-30(2,3)38-29(37)32-18-20-13-11-19(12-14-20)17-31-27(34)24-16-26(33-25-10-5-4-9-23(24)25)21-7-6-8-22(15-21)28(35)36/h4-10,15-16,19-20H,11-14,17-18H2,1-3H3,(H,31,34)(H,32,37)(H,35,36). The Morgan fingerprint density at radius 2 is 1.58 bits per heavy atom. The van der Waals surface area contributed by atoms with Crippen molar-refractivity contribution in [2.24, 2.45) is 11.8 Å². The third kappa shape index (κ3) is 7.09. The lowest BCUT2D eigenvalue weighted by Gasteiger charge is -2.29. The van der Waals surface area contributed by atoms with Crippen molar-refractivity contribution in [2.75, 3.05) is 13.1 Å². The fraction of sp³-hybridized carbons (Fsp3) is 0.400. The summed E-state index contributed by atoms with van der Waals surface area (Å²) in [5, 5.41) is 16.1. The molecule has 0 atom stereocenters. The normalized spacial score (nSPS) is 17.6. The van der Waals surface area contributed by atoms with Gasteiger partial charge in [0.1, 0.15) is 5.60 Å². The molecule has 0 radical (unpaired) electrons. The van der Waals surface area contributed by atoms with Gasteiger partial charge in [-0.2, -0.15) is 0 Å². The van der Waals surface area contributed by atoms with Crippen molar-refractivity contribution in [3.63, 3.8) is 0 Å². The largest absolute Gasteiger partial charge is 0.478 e. The zero-order valence-electron chi connectivity index (χ0n) is 22.1. The first-order chi connectivity index (χ1) is 18.1. The van der Waals surface area contributed by atoms with Crippen LogP contribution in [0.1, 0.15) is 67.2 Å². The molecule has 1 aromatic heterocycles. The van der Waals surface area contributed by atoms with Crippen molar-refractivity contribution in [3.05, 3.63) is 65.7 Å². The Kier molecular flexibility index (Phi) is 8.29. The number of carbonyl (C=O) groups is 3. The van der Waals surface area contributed by atoms with Crippen LogP contribution in [-0.2, 0) is 4.74 Å². The van der Waals surface area contributed by atoms with Crippen LogP contribution in [-0.4, -0.2) is 46.8 Å². The number of nitrogens with one attached hydrogen (secondary N) is 2. The van der Waals surface area contributed by atoms with Crippen LogP contribution >= 0.6 is 0 Å². The van der Waals surface area contributed by atoms with Gasteiger partial charge in [-0.15, -0.1) is 0 Å². The molecule has 3 aromatic rings. The molecule has 1 aliphatic rings. The van der Waals surface area contributed by atoms with Crippen LogP contribution in [0, 0.1) is 11.8 Å². The lowest BCUT2D eigenvalue weighted by molar-refractivity contribution is 0.0512. The third-order valence-corrected chi connectivity index (χ3v) is 6.82. The van der Waals surface area contributed by atoms with Gasteiger partial charge in [0.15, 0.2) is 0 Å². The van der Waals surface area contributed by atoms with Crippen molar-refractivity contribution in [3.8, 4) is 11.3 Å². The molecular weight excluding hydrogens is 482 g/mol. The van der Waals surface area contributed by atoms with Gasteiger partial charge in [-0.05, 0) is 82.6 Å². The molecule has 4 rings (SSSR count). The quantitative estimate of drug-likeness (QED) is 0.372. The van der Waals surface area contributed by atoms with E-state index in [1.807, 2.05) is 45.0 Å². The van der Waals surface area contributed by atoms with Crippen molar-refractivity contribution in [2.45, 2.75) is 52.1 Å². The summed E-state index contributed by atoms with van der Waals surface area (Å²) in [7, 11) is 0. The SMILES string of the molecule is CC(C)(C)OC(=O)NCC1CCC(CNC(=O)c2cc(-c3cccc(C(=O)O)c3)nc3ccccc23)CC1. The summed E-state index contributed by atoms with van der Waals surface area (Å²) in [5.41, 5.74) is 2.04. The number of amides is 2. The maximum absolute atomic E-state index is 13.3. The summed E-state index contributed by atoms with van der Waals surface area (Å²) in [4.78, 5) is 41.4. The molecule has 38 heavy (non-hydrogen) atoms. The molecule has 0 bridgehead atoms. The average Bonchev–Trinajstić information content (AvgIpc) is 2.89. The predicted octanol–water partition coefficient (Wildman–Crippen LogP) is 5.66. The van der Waals surface area contributed by atoms with Gasteiger partial charge < -0.3 is 20.5 Å². The average molecular weight is 518 g/mol. The van der Waals surface area contributed by atoms with E-state index in [1.165, 1.54) is 6.07 Å². The van der Waals surface area contributed by atoms with Crippen LogP contribution in [0.25, 0.3) is 22.2 Å². The summed E-state index contributed by atoms with van der Waals surface area (Å²) in [6.07, 6.45) is 3.54. The number of aromatic nitrogens is 1. The Hall–Kier alpha value is -3.94. The van der Waals surface area contributed by atoms with E-state index in [4.69, 9.17) is 4.74 Å². The van der Waals surface area contributed by atoms with Crippen molar-refractivity contribution in [1.82, 2.24) is 15.6 Å². The molecule has 3 N–H and O–H groups in total.